The number of carbonyl (C=O) groups is 2. The van der Waals surface area contributed by atoms with E-state index in [2.05, 4.69) is 30.6 Å². The Kier molecular flexibility index (Phi) is 10.5. The van der Waals surface area contributed by atoms with Gasteiger partial charge in [0.05, 0.1) is 6.20 Å². The number of aryl methyl sites for hydroxylation is 1. The molecule has 1 aliphatic rings. The third-order valence-corrected chi connectivity index (χ3v) is 4.71. The van der Waals surface area contributed by atoms with Gasteiger partial charge in [-0.25, -0.2) is 9.97 Å². The summed E-state index contributed by atoms with van der Waals surface area (Å²) in [5.74, 6) is 0.557. The zero-order chi connectivity index (χ0) is 19.9. The van der Waals surface area contributed by atoms with Gasteiger partial charge in [-0.1, -0.05) is 0 Å². The lowest BCUT2D eigenvalue weighted by Gasteiger charge is -2.34. The smallest absolute Gasteiger partial charge is 0.241 e. The summed E-state index contributed by atoms with van der Waals surface area (Å²) in [6.45, 7) is 2.95. The van der Waals surface area contributed by atoms with E-state index in [-0.39, 0.29) is 43.0 Å². The van der Waals surface area contributed by atoms with Gasteiger partial charge in [0.1, 0.15) is 6.04 Å². The topological polar surface area (TPSA) is 108 Å². The molecule has 2 N–H and O–H groups in total. The molecule has 0 aliphatic carbocycles. The van der Waals surface area contributed by atoms with Crippen molar-refractivity contribution in [2.45, 2.75) is 12.5 Å². The van der Waals surface area contributed by atoms with Gasteiger partial charge in [0.15, 0.2) is 0 Å². The first-order chi connectivity index (χ1) is 13.6. The van der Waals surface area contributed by atoms with Crippen molar-refractivity contribution in [1.82, 2.24) is 35.3 Å². The van der Waals surface area contributed by atoms with Crippen LogP contribution in [-0.4, -0.2) is 76.2 Å². The molecule has 3 rings (SSSR count). The van der Waals surface area contributed by atoms with Gasteiger partial charge in [-0.05, 0) is 13.1 Å². The maximum Gasteiger partial charge on any atom is 0.241 e. The number of carbonyl (C=O) groups excluding carboxylic acids is 2. The Morgan fingerprint density at radius 2 is 1.80 bits per heavy atom. The van der Waals surface area contributed by atoms with Crippen molar-refractivity contribution in [3.63, 3.8) is 0 Å². The van der Waals surface area contributed by atoms with Crippen LogP contribution in [0.1, 0.15) is 18.0 Å². The molecule has 3 heterocycles. The molecule has 2 amide bonds. The summed E-state index contributed by atoms with van der Waals surface area (Å²) in [7, 11) is 3.52. The molecule has 1 aliphatic heterocycles. The van der Waals surface area contributed by atoms with Gasteiger partial charge in [-0.15, -0.1) is 24.8 Å². The molecule has 12 heteroatoms. The van der Waals surface area contributed by atoms with E-state index in [0.29, 0.717) is 38.7 Å². The molecule has 166 valence electrons. The van der Waals surface area contributed by atoms with Crippen molar-refractivity contribution in [2.75, 3.05) is 44.7 Å². The number of hydrogen-bond donors (Lipinski definition) is 2. The minimum Gasteiger partial charge on any atom is -0.354 e. The fourth-order valence-electron chi connectivity index (χ4n) is 3.20. The van der Waals surface area contributed by atoms with Gasteiger partial charge in [0, 0.05) is 70.3 Å². The summed E-state index contributed by atoms with van der Waals surface area (Å²) in [6.07, 6.45) is 7.15. The molecule has 2 aromatic rings. The van der Waals surface area contributed by atoms with Gasteiger partial charge >= 0.3 is 0 Å². The molecule has 0 saturated carbocycles. The third kappa shape index (κ3) is 6.54. The quantitative estimate of drug-likeness (QED) is 0.608. The van der Waals surface area contributed by atoms with Crippen molar-refractivity contribution >= 4 is 42.6 Å². The summed E-state index contributed by atoms with van der Waals surface area (Å²) in [6, 6.07) is 1.29. The molecule has 2 aromatic heterocycles. The van der Waals surface area contributed by atoms with Crippen LogP contribution < -0.4 is 15.5 Å². The number of aromatic nitrogens is 4. The van der Waals surface area contributed by atoms with Gasteiger partial charge in [0.25, 0.3) is 0 Å². The van der Waals surface area contributed by atoms with E-state index >= 15 is 0 Å². The highest BCUT2D eigenvalue weighted by Gasteiger charge is 2.23. The lowest BCUT2D eigenvalue weighted by molar-refractivity contribution is -0.131. The molecular weight excluding hydrogens is 431 g/mol. The number of nitrogens with zero attached hydrogens (tertiary/aromatic N) is 6. The maximum absolute atomic E-state index is 12.4. The highest BCUT2D eigenvalue weighted by Crippen LogP contribution is 2.12. The number of amides is 2. The van der Waals surface area contributed by atoms with Crippen LogP contribution in [0.4, 0.5) is 5.95 Å². The first kappa shape index (κ1) is 25.6. The van der Waals surface area contributed by atoms with E-state index < -0.39 is 6.04 Å². The fraction of sp³-hybridized carbons (Fsp3) is 0.500. The molecular formula is C18H28Cl2N8O2. The maximum atomic E-state index is 12.4. The van der Waals surface area contributed by atoms with E-state index in [1.165, 1.54) is 0 Å². The lowest BCUT2D eigenvalue weighted by Crippen LogP contribution is -2.49. The van der Waals surface area contributed by atoms with E-state index in [4.69, 9.17) is 0 Å². The summed E-state index contributed by atoms with van der Waals surface area (Å²) >= 11 is 0. The first-order valence-electron chi connectivity index (χ1n) is 9.31. The van der Waals surface area contributed by atoms with Crippen LogP contribution in [0.3, 0.4) is 0 Å². The fourth-order valence-corrected chi connectivity index (χ4v) is 3.20. The number of anilines is 1. The van der Waals surface area contributed by atoms with Crippen LogP contribution in [0.25, 0.3) is 0 Å². The molecule has 1 fully saturated rings. The molecule has 0 bridgehead atoms. The Morgan fingerprint density at radius 1 is 1.13 bits per heavy atom. The van der Waals surface area contributed by atoms with E-state index in [1.54, 1.807) is 49.6 Å². The monoisotopic (exact) mass is 458 g/mol. The Morgan fingerprint density at radius 3 is 2.37 bits per heavy atom. The second-order valence-electron chi connectivity index (χ2n) is 6.63. The van der Waals surface area contributed by atoms with Crippen molar-refractivity contribution in [3.8, 4) is 0 Å². The van der Waals surface area contributed by atoms with Gasteiger partial charge < -0.3 is 20.4 Å². The number of hydrogen-bond acceptors (Lipinski definition) is 7. The average Bonchev–Trinajstić information content (AvgIpc) is 3.15. The summed E-state index contributed by atoms with van der Waals surface area (Å²) in [5, 5.41) is 9.89. The zero-order valence-corrected chi connectivity index (χ0v) is 18.7. The predicted molar refractivity (Wildman–Crippen MR) is 118 cm³/mol. The molecule has 1 atom stereocenters. The minimum absolute atomic E-state index is 0. The van der Waals surface area contributed by atoms with Crippen LogP contribution >= 0.6 is 24.8 Å². The standard InChI is InChI=1S/C18H26N8O2.2ClH/c1-19-16(14-12-23-24(2)13-14)17(28)20-7-4-15(27)25-8-10-26(11-9-25)18-21-5-3-6-22-18;;/h3,5-6,12-13,16,19H,4,7-11H2,1-2H3,(H,20,28);2*1H. The number of halogens is 2. The predicted octanol–water partition coefficient (Wildman–Crippen LogP) is 0.169. The summed E-state index contributed by atoms with van der Waals surface area (Å²) in [4.78, 5) is 37.2. The highest BCUT2D eigenvalue weighted by atomic mass is 35.5. The average molecular weight is 459 g/mol. The van der Waals surface area contributed by atoms with Crippen molar-refractivity contribution in [2.24, 2.45) is 7.05 Å². The summed E-state index contributed by atoms with van der Waals surface area (Å²) < 4.78 is 1.65. The molecule has 30 heavy (non-hydrogen) atoms. The van der Waals surface area contributed by atoms with Gasteiger partial charge in [0.2, 0.25) is 17.8 Å². The normalized spacial score (nSPS) is 14.3. The molecule has 0 radical (unpaired) electrons. The second kappa shape index (κ2) is 12.3. The minimum atomic E-state index is -0.488. The van der Waals surface area contributed by atoms with Crippen LogP contribution in [0.5, 0.6) is 0 Å². The van der Waals surface area contributed by atoms with Crippen molar-refractivity contribution in [3.05, 3.63) is 36.4 Å². The third-order valence-electron chi connectivity index (χ3n) is 4.71. The number of rotatable bonds is 7. The molecule has 10 nitrogen and oxygen atoms in total. The Bertz CT molecular complexity index is 796. The number of nitrogens with one attached hydrogen (secondary N) is 2. The zero-order valence-electron chi connectivity index (χ0n) is 17.0. The van der Waals surface area contributed by atoms with Crippen LogP contribution in [-0.2, 0) is 16.6 Å². The lowest BCUT2D eigenvalue weighted by atomic mass is 10.1. The SMILES string of the molecule is CNC(C(=O)NCCC(=O)N1CCN(c2ncccn2)CC1)c1cnn(C)c1.Cl.Cl. The molecule has 1 saturated heterocycles. The van der Waals surface area contributed by atoms with Crippen LogP contribution in [0.15, 0.2) is 30.9 Å². The van der Waals surface area contributed by atoms with Crippen LogP contribution in [0, 0.1) is 0 Å². The molecule has 0 spiro atoms. The van der Waals surface area contributed by atoms with E-state index in [0.717, 1.165) is 5.56 Å². The number of likely N-dealkylation sites (N-methyl/N-ethyl adjacent to an activating group) is 1. The second-order valence-corrected chi connectivity index (χ2v) is 6.63. The van der Waals surface area contributed by atoms with E-state index in [9.17, 15) is 9.59 Å². The molecule has 1 unspecified atom stereocenters. The summed E-state index contributed by atoms with van der Waals surface area (Å²) in [5.41, 5.74) is 0.785. The number of piperazine rings is 1. The van der Waals surface area contributed by atoms with Crippen molar-refractivity contribution < 1.29 is 9.59 Å². The van der Waals surface area contributed by atoms with Crippen LogP contribution in [0.2, 0.25) is 0 Å². The Hall–Kier alpha value is -2.43. The molecule has 0 aromatic carbocycles. The Labute approximate surface area is 188 Å². The van der Waals surface area contributed by atoms with Gasteiger partial charge in [-0.3, -0.25) is 14.3 Å². The Balaban J connectivity index is 0.00000225. The first-order valence-corrected chi connectivity index (χ1v) is 9.31. The van der Waals surface area contributed by atoms with E-state index in [1.807, 2.05) is 4.90 Å². The largest absolute Gasteiger partial charge is 0.354 e. The van der Waals surface area contributed by atoms with Gasteiger partial charge in [-0.2, -0.15) is 5.10 Å². The van der Waals surface area contributed by atoms with Crippen molar-refractivity contribution in [1.29, 1.82) is 0 Å². The highest BCUT2D eigenvalue weighted by molar-refractivity contribution is 5.85.